The molecule has 2 rings (SSSR count). The molecular formula is C12H12FNOS. The first-order chi connectivity index (χ1) is 7.70. The van der Waals surface area contributed by atoms with E-state index in [0.717, 1.165) is 11.3 Å². The van der Waals surface area contributed by atoms with Gasteiger partial charge in [0.05, 0.1) is 12.3 Å². The summed E-state index contributed by atoms with van der Waals surface area (Å²) in [6, 6.07) is 5.04. The number of hydrogen-bond donors (Lipinski definition) is 0. The molecule has 1 aromatic carbocycles. The van der Waals surface area contributed by atoms with E-state index in [9.17, 15) is 4.39 Å². The quantitative estimate of drug-likeness (QED) is 0.816. The van der Waals surface area contributed by atoms with Crippen molar-refractivity contribution in [3.63, 3.8) is 0 Å². The Morgan fingerprint density at radius 2 is 2.25 bits per heavy atom. The second kappa shape index (κ2) is 4.72. The van der Waals surface area contributed by atoms with Crippen LogP contribution in [0.3, 0.4) is 0 Å². The standard InChI is InChI=1S/C12H12FNOS/c1-8-3-4-11(13)10(5-8)12-14-9(6-15-2)7-16-12/h3-5,7H,6H2,1-2H3. The molecule has 1 heterocycles. The van der Waals surface area contributed by atoms with Crippen molar-refractivity contribution in [2.45, 2.75) is 13.5 Å². The van der Waals surface area contributed by atoms with Gasteiger partial charge < -0.3 is 4.74 Å². The molecule has 4 heteroatoms. The van der Waals surface area contributed by atoms with Crippen LogP contribution in [0.15, 0.2) is 23.6 Å². The van der Waals surface area contributed by atoms with Crippen LogP contribution in [-0.2, 0) is 11.3 Å². The van der Waals surface area contributed by atoms with Crippen molar-refractivity contribution in [1.82, 2.24) is 4.98 Å². The summed E-state index contributed by atoms with van der Waals surface area (Å²) in [5.74, 6) is -0.232. The maximum Gasteiger partial charge on any atom is 0.133 e. The van der Waals surface area contributed by atoms with Crippen LogP contribution in [0.25, 0.3) is 10.6 Å². The van der Waals surface area contributed by atoms with Crippen LogP contribution in [0, 0.1) is 12.7 Å². The molecule has 0 amide bonds. The third-order valence-corrected chi connectivity index (χ3v) is 3.12. The maximum atomic E-state index is 13.6. The van der Waals surface area contributed by atoms with Gasteiger partial charge >= 0.3 is 0 Å². The van der Waals surface area contributed by atoms with Crippen LogP contribution in [0.4, 0.5) is 4.39 Å². The molecule has 2 aromatic rings. The minimum absolute atomic E-state index is 0.232. The lowest BCUT2D eigenvalue weighted by Gasteiger charge is -2.00. The van der Waals surface area contributed by atoms with Gasteiger partial charge in [-0.1, -0.05) is 11.6 Å². The molecular weight excluding hydrogens is 225 g/mol. The highest BCUT2D eigenvalue weighted by molar-refractivity contribution is 7.13. The van der Waals surface area contributed by atoms with E-state index in [4.69, 9.17) is 4.74 Å². The van der Waals surface area contributed by atoms with Gasteiger partial charge in [0.2, 0.25) is 0 Å². The number of halogens is 1. The molecule has 0 saturated heterocycles. The van der Waals surface area contributed by atoms with Crippen LogP contribution in [-0.4, -0.2) is 12.1 Å². The Balaban J connectivity index is 2.38. The van der Waals surface area contributed by atoms with Gasteiger partial charge in [0.15, 0.2) is 0 Å². The van der Waals surface area contributed by atoms with Gasteiger partial charge in [-0.3, -0.25) is 0 Å². The van der Waals surface area contributed by atoms with Crippen molar-refractivity contribution >= 4 is 11.3 Å². The van der Waals surface area contributed by atoms with Crippen LogP contribution in [0.2, 0.25) is 0 Å². The first-order valence-corrected chi connectivity index (χ1v) is 5.78. The number of aryl methyl sites for hydroxylation is 1. The predicted octanol–water partition coefficient (Wildman–Crippen LogP) is 3.40. The Morgan fingerprint density at radius 1 is 1.44 bits per heavy atom. The van der Waals surface area contributed by atoms with Crippen molar-refractivity contribution in [3.05, 3.63) is 40.7 Å². The summed E-state index contributed by atoms with van der Waals surface area (Å²) in [6.07, 6.45) is 0. The lowest BCUT2D eigenvalue weighted by atomic mass is 10.1. The van der Waals surface area contributed by atoms with E-state index in [-0.39, 0.29) is 5.82 Å². The lowest BCUT2D eigenvalue weighted by molar-refractivity contribution is 0.182. The van der Waals surface area contributed by atoms with E-state index in [1.807, 2.05) is 18.4 Å². The van der Waals surface area contributed by atoms with Gasteiger partial charge in [-0.2, -0.15) is 0 Å². The molecule has 0 fully saturated rings. The first-order valence-electron chi connectivity index (χ1n) is 4.90. The van der Waals surface area contributed by atoms with E-state index in [1.54, 1.807) is 13.2 Å². The van der Waals surface area contributed by atoms with Gasteiger partial charge in [-0.15, -0.1) is 11.3 Å². The van der Waals surface area contributed by atoms with E-state index in [2.05, 4.69) is 4.98 Å². The third kappa shape index (κ3) is 2.28. The van der Waals surface area contributed by atoms with Gasteiger partial charge in [-0.05, 0) is 19.1 Å². The van der Waals surface area contributed by atoms with Crippen molar-refractivity contribution in [2.24, 2.45) is 0 Å². The fourth-order valence-electron chi connectivity index (χ4n) is 1.45. The average molecular weight is 237 g/mol. The van der Waals surface area contributed by atoms with Gasteiger partial charge in [0.25, 0.3) is 0 Å². The van der Waals surface area contributed by atoms with E-state index in [0.29, 0.717) is 17.2 Å². The molecule has 0 saturated carbocycles. The van der Waals surface area contributed by atoms with Crippen LogP contribution >= 0.6 is 11.3 Å². The number of aromatic nitrogens is 1. The molecule has 1 aromatic heterocycles. The second-order valence-electron chi connectivity index (χ2n) is 3.56. The zero-order valence-electron chi connectivity index (χ0n) is 9.16. The van der Waals surface area contributed by atoms with Crippen molar-refractivity contribution < 1.29 is 9.13 Å². The molecule has 0 radical (unpaired) electrons. The fraction of sp³-hybridized carbons (Fsp3) is 0.250. The number of ether oxygens (including phenoxy) is 1. The number of rotatable bonds is 3. The van der Waals surface area contributed by atoms with Gasteiger partial charge in [0, 0.05) is 18.1 Å². The molecule has 0 N–H and O–H groups in total. The monoisotopic (exact) mass is 237 g/mol. The topological polar surface area (TPSA) is 22.1 Å². The lowest BCUT2D eigenvalue weighted by Crippen LogP contribution is -1.89. The maximum absolute atomic E-state index is 13.6. The summed E-state index contributed by atoms with van der Waals surface area (Å²) in [7, 11) is 1.62. The Bertz CT molecular complexity index is 496. The zero-order chi connectivity index (χ0) is 11.5. The average Bonchev–Trinajstić information content (AvgIpc) is 2.71. The van der Waals surface area contributed by atoms with Gasteiger partial charge in [-0.25, -0.2) is 9.37 Å². The molecule has 0 atom stereocenters. The predicted molar refractivity (Wildman–Crippen MR) is 63.0 cm³/mol. The van der Waals surface area contributed by atoms with Crippen molar-refractivity contribution in [3.8, 4) is 10.6 Å². The SMILES string of the molecule is COCc1csc(-c2cc(C)ccc2F)n1. The molecule has 0 aliphatic rings. The first kappa shape index (κ1) is 11.2. The molecule has 0 aliphatic carbocycles. The number of nitrogens with zero attached hydrogens (tertiary/aromatic N) is 1. The van der Waals surface area contributed by atoms with Crippen LogP contribution in [0.1, 0.15) is 11.3 Å². The highest BCUT2D eigenvalue weighted by Crippen LogP contribution is 2.27. The van der Waals surface area contributed by atoms with Crippen molar-refractivity contribution in [1.29, 1.82) is 0 Å². The Hall–Kier alpha value is -1.26. The highest BCUT2D eigenvalue weighted by atomic mass is 32.1. The molecule has 84 valence electrons. The summed E-state index contributed by atoms with van der Waals surface area (Å²) in [5, 5.41) is 2.59. The van der Waals surface area contributed by atoms with Gasteiger partial charge in [0.1, 0.15) is 10.8 Å². The summed E-state index contributed by atoms with van der Waals surface area (Å²) in [6.45, 7) is 2.40. The summed E-state index contributed by atoms with van der Waals surface area (Å²) in [5.41, 5.74) is 2.43. The van der Waals surface area contributed by atoms with E-state index >= 15 is 0 Å². The minimum Gasteiger partial charge on any atom is -0.378 e. The minimum atomic E-state index is -0.232. The number of thiazole rings is 1. The van der Waals surface area contributed by atoms with Crippen LogP contribution in [0.5, 0.6) is 0 Å². The van der Waals surface area contributed by atoms with E-state index in [1.165, 1.54) is 17.4 Å². The molecule has 0 spiro atoms. The molecule has 16 heavy (non-hydrogen) atoms. The fourth-order valence-corrected chi connectivity index (χ4v) is 2.27. The molecule has 0 bridgehead atoms. The molecule has 2 nitrogen and oxygen atoms in total. The zero-order valence-corrected chi connectivity index (χ0v) is 9.97. The third-order valence-electron chi connectivity index (χ3n) is 2.20. The van der Waals surface area contributed by atoms with Crippen molar-refractivity contribution in [2.75, 3.05) is 7.11 Å². The Labute approximate surface area is 97.7 Å². The molecule has 0 aliphatic heterocycles. The molecule has 0 unspecified atom stereocenters. The normalized spacial score (nSPS) is 10.7. The number of hydrogen-bond acceptors (Lipinski definition) is 3. The smallest absolute Gasteiger partial charge is 0.133 e. The Kier molecular flexibility index (Phi) is 3.31. The summed E-state index contributed by atoms with van der Waals surface area (Å²) >= 11 is 1.43. The summed E-state index contributed by atoms with van der Waals surface area (Å²) in [4.78, 5) is 4.33. The summed E-state index contributed by atoms with van der Waals surface area (Å²) < 4.78 is 18.6. The van der Waals surface area contributed by atoms with E-state index < -0.39 is 0 Å². The largest absolute Gasteiger partial charge is 0.378 e. The number of benzene rings is 1. The highest BCUT2D eigenvalue weighted by Gasteiger charge is 2.09. The second-order valence-corrected chi connectivity index (χ2v) is 4.42. The van der Waals surface area contributed by atoms with Crippen LogP contribution < -0.4 is 0 Å². The number of methoxy groups -OCH3 is 1. The Morgan fingerprint density at radius 3 is 3.00 bits per heavy atom.